The van der Waals surface area contributed by atoms with Crippen LogP contribution in [0.25, 0.3) is 0 Å². The molecule has 0 bridgehead atoms. The van der Waals surface area contributed by atoms with Gasteiger partial charge in [-0.1, -0.05) is 47.0 Å². The number of hydrogen-bond donors (Lipinski definition) is 1. The fourth-order valence-corrected chi connectivity index (χ4v) is 2.80. The van der Waals surface area contributed by atoms with E-state index in [1.807, 2.05) is 32.9 Å². The molecule has 0 radical (unpaired) electrons. The highest BCUT2D eigenvalue weighted by molar-refractivity contribution is 6.36. The van der Waals surface area contributed by atoms with Gasteiger partial charge in [0.1, 0.15) is 5.75 Å². The molecule has 0 fully saturated rings. The molecule has 126 valence electrons. The molecule has 2 aromatic carbocycles. The van der Waals surface area contributed by atoms with E-state index in [1.54, 1.807) is 18.2 Å². The molecule has 0 aliphatic rings. The summed E-state index contributed by atoms with van der Waals surface area (Å²) < 4.78 is 5.60. The van der Waals surface area contributed by atoms with Gasteiger partial charge in [0.2, 0.25) is 0 Å². The van der Waals surface area contributed by atoms with Crippen LogP contribution in [0.2, 0.25) is 10.0 Å². The Hall–Kier alpha value is -2.04. The van der Waals surface area contributed by atoms with Crippen molar-refractivity contribution in [3.63, 3.8) is 0 Å². The van der Waals surface area contributed by atoms with E-state index < -0.39 is 0 Å². The van der Waals surface area contributed by atoms with Crippen molar-refractivity contribution < 1.29 is 9.53 Å². The van der Waals surface area contributed by atoms with Gasteiger partial charge in [0.15, 0.2) is 6.61 Å². The number of benzene rings is 2. The molecular weight excluding hydrogens is 347 g/mol. The lowest BCUT2D eigenvalue weighted by Gasteiger charge is -2.12. The molecule has 2 rings (SSSR count). The minimum atomic E-state index is -0.351. The van der Waals surface area contributed by atoms with Gasteiger partial charge in [-0.25, -0.2) is 5.43 Å². The Morgan fingerprint density at radius 2 is 1.83 bits per heavy atom. The SMILES string of the molecule is Cc1cc(C)c(OCC(=O)N/N=C/c2ccc(Cl)cc2Cl)c(C)c1. The first-order valence-electron chi connectivity index (χ1n) is 7.34. The number of hydrazone groups is 1. The third-order valence-electron chi connectivity index (χ3n) is 3.31. The normalized spacial score (nSPS) is 10.9. The first-order valence-corrected chi connectivity index (χ1v) is 8.10. The zero-order chi connectivity index (χ0) is 17.7. The Morgan fingerprint density at radius 3 is 2.46 bits per heavy atom. The van der Waals surface area contributed by atoms with E-state index >= 15 is 0 Å². The van der Waals surface area contributed by atoms with Crippen LogP contribution in [0.1, 0.15) is 22.3 Å². The molecule has 24 heavy (non-hydrogen) atoms. The van der Waals surface area contributed by atoms with Crippen LogP contribution in [-0.2, 0) is 4.79 Å². The summed E-state index contributed by atoms with van der Waals surface area (Å²) in [7, 11) is 0. The Bertz CT molecular complexity index is 766. The van der Waals surface area contributed by atoms with E-state index in [0.29, 0.717) is 15.6 Å². The molecule has 4 nitrogen and oxygen atoms in total. The number of hydrogen-bond acceptors (Lipinski definition) is 3. The number of amides is 1. The molecule has 1 N–H and O–H groups in total. The van der Waals surface area contributed by atoms with Gasteiger partial charge in [-0.15, -0.1) is 0 Å². The van der Waals surface area contributed by atoms with Crippen molar-refractivity contribution in [3.8, 4) is 5.75 Å². The third kappa shape index (κ3) is 4.98. The van der Waals surface area contributed by atoms with Crippen molar-refractivity contribution in [1.82, 2.24) is 5.43 Å². The number of aryl methyl sites for hydroxylation is 3. The molecule has 0 aliphatic heterocycles. The fraction of sp³-hybridized carbons (Fsp3) is 0.222. The lowest BCUT2D eigenvalue weighted by Crippen LogP contribution is -2.25. The third-order valence-corrected chi connectivity index (χ3v) is 3.87. The highest BCUT2D eigenvalue weighted by Gasteiger charge is 2.08. The summed E-state index contributed by atoms with van der Waals surface area (Å²) in [6.07, 6.45) is 1.46. The number of nitrogens with zero attached hydrogens (tertiary/aromatic N) is 1. The van der Waals surface area contributed by atoms with Gasteiger partial charge in [0.25, 0.3) is 5.91 Å². The number of nitrogens with one attached hydrogen (secondary N) is 1. The molecule has 1 amide bonds. The van der Waals surface area contributed by atoms with Gasteiger partial charge in [-0.3, -0.25) is 4.79 Å². The average Bonchev–Trinajstić information content (AvgIpc) is 2.48. The van der Waals surface area contributed by atoms with Gasteiger partial charge in [-0.05, 0) is 44.0 Å². The largest absolute Gasteiger partial charge is 0.483 e. The summed E-state index contributed by atoms with van der Waals surface area (Å²) >= 11 is 11.8. The standard InChI is InChI=1S/C18H18Cl2N2O2/c1-11-6-12(2)18(13(3)7-11)24-10-17(23)22-21-9-14-4-5-15(19)8-16(14)20/h4-9H,10H2,1-3H3,(H,22,23)/b21-9+. The monoisotopic (exact) mass is 364 g/mol. The zero-order valence-corrected chi connectivity index (χ0v) is 15.2. The predicted octanol–water partition coefficient (Wildman–Crippen LogP) is 4.45. The van der Waals surface area contributed by atoms with Crippen molar-refractivity contribution in [3.05, 3.63) is 62.6 Å². The summed E-state index contributed by atoms with van der Waals surface area (Å²) in [5.74, 6) is 0.371. The number of halogens is 2. The molecular formula is C18H18Cl2N2O2. The van der Waals surface area contributed by atoms with Crippen molar-refractivity contribution in [2.45, 2.75) is 20.8 Å². The van der Waals surface area contributed by atoms with Crippen LogP contribution in [0, 0.1) is 20.8 Å². The summed E-state index contributed by atoms with van der Waals surface area (Å²) in [6.45, 7) is 5.81. The second-order valence-corrected chi connectivity index (χ2v) is 6.32. The molecule has 0 saturated carbocycles. The maximum Gasteiger partial charge on any atom is 0.277 e. The molecule has 0 atom stereocenters. The summed E-state index contributed by atoms with van der Waals surface area (Å²) in [4.78, 5) is 11.8. The second kappa shape index (κ2) is 8.18. The highest BCUT2D eigenvalue weighted by Crippen LogP contribution is 2.24. The van der Waals surface area contributed by atoms with Crippen LogP contribution in [-0.4, -0.2) is 18.7 Å². The van der Waals surface area contributed by atoms with Gasteiger partial charge >= 0.3 is 0 Å². The smallest absolute Gasteiger partial charge is 0.277 e. The van der Waals surface area contributed by atoms with Crippen molar-refractivity contribution in [2.24, 2.45) is 5.10 Å². The van der Waals surface area contributed by atoms with E-state index in [2.05, 4.69) is 10.5 Å². The lowest BCUT2D eigenvalue weighted by molar-refractivity contribution is -0.123. The number of carbonyl (C=O) groups is 1. The summed E-state index contributed by atoms with van der Waals surface area (Å²) in [5, 5.41) is 4.87. The zero-order valence-electron chi connectivity index (χ0n) is 13.7. The van der Waals surface area contributed by atoms with Crippen LogP contribution >= 0.6 is 23.2 Å². The molecule has 0 unspecified atom stereocenters. The van der Waals surface area contributed by atoms with Crippen molar-refractivity contribution in [1.29, 1.82) is 0 Å². The second-order valence-electron chi connectivity index (χ2n) is 5.48. The summed E-state index contributed by atoms with van der Waals surface area (Å²) in [5.41, 5.74) is 6.22. The minimum absolute atomic E-state index is 0.115. The molecule has 0 aliphatic carbocycles. The van der Waals surface area contributed by atoms with Crippen LogP contribution < -0.4 is 10.2 Å². The molecule has 6 heteroatoms. The van der Waals surface area contributed by atoms with E-state index in [0.717, 1.165) is 22.4 Å². The maximum absolute atomic E-state index is 11.8. The molecule has 0 spiro atoms. The van der Waals surface area contributed by atoms with Gasteiger partial charge < -0.3 is 4.74 Å². The Labute approximate surface area is 151 Å². The summed E-state index contributed by atoms with van der Waals surface area (Å²) in [6, 6.07) is 9.05. The fourth-order valence-electron chi connectivity index (χ4n) is 2.34. The highest BCUT2D eigenvalue weighted by atomic mass is 35.5. The average molecular weight is 365 g/mol. The number of ether oxygens (including phenoxy) is 1. The quantitative estimate of drug-likeness (QED) is 0.629. The number of carbonyl (C=O) groups excluding carboxylic acids is 1. The van der Waals surface area contributed by atoms with Crippen LogP contribution in [0.15, 0.2) is 35.4 Å². The molecule has 0 aromatic heterocycles. The van der Waals surface area contributed by atoms with Crippen LogP contribution in [0.4, 0.5) is 0 Å². The van der Waals surface area contributed by atoms with Crippen LogP contribution in [0.3, 0.4) is 0 Å². The maximum atomic E-state index is 11.8. The minimum Gasteiger partial charge on any atom is -0.483 e. The van der Waals surface area contributed by atoms with Crippen molar-refractivity contribution in [2.75, 3.05) is 6.61 Å². The van der Waals surface area contributed by atoms with Gasteiger partial charge in [0, 0.05) is 10.6 Å². The van der Waals surface area contributed by atoms with Crippen molar-refractivity contribution >= 4 is 35.3 Å². The Morgan fingerprint density at radius 1 is 1.17 bits per heavy atom. The van der Waals surface area contributed by atoms with E-state index in [-0.39, 0.29) is 12.5 Å². The van der Waals surface area contributed by atoms with E-state index in [9.17, 15) is 4.79 Å². The molecule has 0 heterocycles. The lowest BCUT2D eigenvalue weighted by atomic mass is 10.1. The van der Waals surface area contributed by atoms with Gasteiger partial charge in [-0.2, -0.15) is 5.10 Å². The first kappa shape index (κ1) is 18.3. The topological polar surface area (TPSA) is 50.7 Å². The van der Waals surface area contributed by atoms with E-state index in [1.165, 1.54) is 6.21 Å². The molecule has 0 saturated heterocycles. The predicted molar refractivity (Wildman–Crippen MR) is 98.3 cm³/mol. The Kier molecular flexibility index (Phi) is 6.23. The first-order chi connectivity index (χ1) is 11.4. The van der Waals surface area contributed by atoms with Crippen LogP contribution in [0.5, 0.6) is 5.75 Å². The van der Waals surface area contributed by atoms with E-state index in [4.69, 9.17) is 27.9 Å². The number of rotatable bonds is 5. The molecule has 2 aromatic rings. The van der Waals surface area contributed by atoms with Gasteiger partial charge in [0.05, 0.1) is 11.2 Å². The Balaban J connectivity index is 1.91.